The van der Waals surface area contributed by atoms with E-state index in [-0.39, 0.29) is 5.69 Å². The average molecular weight is 314 g/mol. The number of nitrogens with zero attached hydrogens (tertiary/aromatic N) is 1. The van der Waals surface area contributed by atoms with Crippen LogP contribution in [0, 0.1) is 10.1 Å². The lowest BCUT2D eigenvalue weighted by Crippen LogP contribution is -1.93. The van der Waals surface area contributed by atoms with Crippen LogP contribution in [0.15, 0.2) is 40.2 Å². The summed E-state index contributed by atoms with van der Waals surface area (Å²) >= 11 is 4.97. The van der Waals surface area contributed by atoms with Gasteiger partial charge in [0.05, 0.1) is 8.71 Å². The molecule has 0 aliphatic carbocycles. The van der Waals surface area contributed by atoms with Crippen molar-refractivity contribution in [3.8, 4) is 5.75 Å². The third-order valence-corrected chi connectivity index (χ3v) is 3.65. The van der Waals surface area contributed by atoms with E-state index in [1.165, 1.54) is 12.1 Å². The Kier molecular flexibility index (Phi) is 3.75. The second-order valence-corrected chi connectivity index (χ2v) is 5.79. The summed E-state index contributed by atoms with van der Waals surface area (Å²) in [5, 5.41) is 10.5. The number of ether oxygens (including phenoxy) is 1. The van der Waals surface area contributed by atoms with Gasteiger partial charge in [-0.1, -0.05) is 0 Å². The van der Waals surface area contributed by atoms with Crippen molar-refractivity contribution < 1.29 is 9.66 Å². The summed E-state index contributed by atoms with van der Waals surface area (Å²) in [6.45, 7) is 0.466. The van der Waals surface area contributed by atoms with Crippen molar-refractivity contribution in [1.29, 1.82) is 0 Å². The minimum atomic E-state index is -0.430. The predicted octanol–water partition coefficient (Wildman–Crippen LogP) is 4.00. The van der Waals surface area contributed by atoms with E-state index in [0.717, 1.165) is 8.66 Å². The Morgan fingerprint density at radius 2 is 1.94 bits per heavy atom. The first-order valence-corrected chi connectivity index (χ1v) is 6.37. The molecule has 0 fully saturated rings. The third kappa shape index (κ3) is 3.28. The number of nitro groups is 1. The number of rotatable bonds is 4. The second-order valence-electron chi connectivity index (χ2n) is 3.25. The molecule has 0 unspecified atom stereocenters. The summed E-state index contributed by atoms with van der Waals surface area (Å²) < 4.78 is 6.56. The summed E-state index contributed by atoms with van der Waals surface area (Å²) in [4.78, 5) is 11.1. The highest BCUT2D eigenvalue weighted by molar-refractivity contribution is 9.11. The van der Waals surface area contributed by atoms with Crippen molar-refractivity contribution in [2.75, 3.05) is 0 Å². The molecule has 88 valence electrons. The lowest BCUT2D eigenvalue weighted by atomic mass is 10.3. The SMILES string of the molecule is O=[N+]([O-])c1ccc(OCc2ccc(Br)s2)cc1. The average Bonchev–Trinajstić information content (AvgIpc) is 2.73. The Hall–Kier alpha value is -1.40. The Labute approximate surface area is 110 Å². The van der Waals surface area contributed by atoms with E-state index in [2.05, 4.69) is 15.9 Å². The van der Waals surface area contributed by atoms with Crippen LogP contribution >= 0.6 is 27.3 Å². The van der Waals surface area contributed by atoms with E-state index >= 15 is 0 Å². The maximum atomic E-state index is 10.5. The largest absolute Gasteiger partial charge is 0.488 e. The van der Waals surface area contributed by atoms with Crippen LogP contribution in [0.2, 0.25) is 0 Å². The third-order valence-electron chi connectivity index (χ3n) is 2.06. The van der Waals surface area contributed by atoms with Gasteiger partial charge in [-0.15, -0.1) is 11.3 Å². The van der Waals surface area contributed by atoms with Gasteiger partial charge in [-0.3, -0.25) is 10.1 Å². The van der Waals surface area contributed by atoms with Crippen molar-refractivity contribution >= 4 is 33.0 Å². The van der Waals surface area contributed by atoms with Gasteiger partial charge in [-0.25, -0.2) is 0 Å². The normalized spacial score (nSPS) is 10.2. The summed E-state index contributed by atoms with van der Waals surface area (Å²) in [6, 6.07) is 9.99. The van der Waals surface area contributed by atoms with Crippen LogP contribution in [-0.2, 0) is 6.61 Å². The van der Waals surface area contributed by atoms with Crippen molar-refractivity contribution in [2.24, 2.45) is 0 Å². The molecular formula is C11H8BrNO3S. The van der Waals surface area contributed by atoms with Crippen LogP contribution in [0.4, 0.5) is 5.69 Å². The molecule has 0 amide bonds. The standard InChI is InChI=1S/C11H8BrNO3S/c12-11-6-5-10(17-11)7-16-9-3-1-8(2-4-9)13(14)15/h1-6H,7H2. The fourth-order valence-corrected chi connectivity index (χ4v) is 2.64. The van der Waals surface area contributed by atoms with E-state index in [9.17, 15) is 10.1 Å². The molecule has 17 heavy (non-hydrogen) atoms. The number of hydrogen-bond donors (Lipinski definition) is 0. The van der Waals surface area contributed by atoms with Gasteiger partial charge in [0.1, 0.15) is 12.4 Å². The molecule has 0 spiro atoms. The van der Waals surface area contributed by atoms with E-state index in [1.807, 2.05) is 12.1 Å². The topological polar surface area (TPSA) is 52.4 Å². The lowest BCUT2D eigenvalue weighted by molar-refractivity contribution is -0.384. The van der Waals surface area contributed by atoms with Crippen molar-refractivity contribution in [3.05, 3.63) is 55.2 Å². The fourth-order valence-electron chi connectivity index (χ4n) is 1.25. The van der Waals surface area contributed by atoms with Crippen LogP contribution in [0.1, 0.15) is 4.88 Å². The molecule has 6 heteroatoms. The van der Waals surface area contributed by atoms with Crippen LogP contribution < -0.4 is 4.74 Å². The van der Waals surface area contributed by atoms with Gasteiger partial charge in [-0.2, -0.15) is 0 Å². The van der Waals surface area contributed by atoms with Gasteiger partial charge in [0.25, 0.3) is 5.69 Å². The van der Waals surface area contributed by atoms with Gasteiger partial charge in [0.15, 0.2) is 0 Å². The molecule has 2 rings (SSSR count). The van der Waals surface area contributed by atoms with Gasteiger partial charge in [0, 0.05) is 17.0 Å². The monoisotopic (exact) mass is 313 g/mol. The number of thiophene rings is 1. The lowest BCUT2D eigenvalue weighted by Gasteiger charge is -2.03. The van der Waals surface area contributed by atoms with Gasteiger partial charge >= 0.3 is 0 Å². The molecule has 1 aromatic carbocycles. The first-order valence-electron chi connectivity index (χ1n) is 4.76. The quantitative estimate of drug-likeness (QED) is 0.633. The summed E-state index contributed by atoms with van der Waals surface area (Å²) in [5.74, 6) is 0.625. The molecule has 0 saturated carbocycles. The van der Waals surface area contributed by atoms with Gasteiger partial charge in [-0.05, 0) is 40.2 Å². The first kappa shape index (κ1) is 12.1. The summed E-state index contributed by atoms with van der Waals surface area (Å²) in [5.41, 5.74) is 0.0659. The van der Waals surface area contributed by atoms with Gasteiger partial charge < -0.3 is 4.74 Å². The number of hydrogen-bond acceptors (Lipinski definition) is 4. The van der Waals surface area contributed by atoms with Crippen LogP contribution in [-0.4, -0.2) is 4.92 Å². The molecule has 0 N–H and O–H groups in total. The number of nitro benzene ring substituents is 1. The minimum absolute atomic E-state index is 0.0659. The van der Waals surface area contributed by atoms with E-state index in [4.69, 9.17) is 4.74 Å². The highest BCUT2D eigenvalue weighted by atomic mass is 79.9. The second kappa shape index (κ2) is 5.29. The molecule has 0 atom stereocenters. The number of benzene rings is 1. The molecule has 0 radical (unpaired) electrons. The molecule has 0 saturated heterocycles. The molecule has 4 nitrogen and oxygen atoms in total. The molecule has 1 aromatic heterocycles. The van der Waals surface area contributed by atoms with Crippen LogP contribution in [0.5, 0.6) is 5.75 Å². The Bertz CT molecular complexity index is 524. The van der Waals surface area contributed by atoms with Crippen molar-refractivity contribution in [2.45, 2.75) is 6.61 Å². The molecule has 0 bridgehead atoms. The van der Waals surface area contributed by atoms with E-state index in [0.29, 0.717) is 12.4 Å². The Balaban J connectivity index is 1.97. The van der Waals surface area contributed by atoms with Gasteiger partial charge in [0.2, 0.25) is 0 Å². The first-order chi connectivity index (χ1) is 8.15. The Morgan fingerprint density at radius 3 is 2.47 bits per heavy atom. The van der Waals surface area contributed by atoms with Crippen molar-refractivity contribution in [3.63, 3.8) is 0 Å². The zero-order valence-corrected chi connectivity index (χ0v) is 11.0. The maximum Gasteiger partial charge on any atom is 0.269 e. The van der Waals surface area contributed by atoms with Crippen LogP contribution in [0.25, 0.3) is 0 Å². The molecule has 0 aliphatic rings. The summed E-state index contributed by atoms with van der Waals surface area (Å²) in [6.07, 6.45) is 0. The maximum absolute atomic E-state index is 10.5. The molecule has 1 heterocycles. The van der Waals surface area contributed by atoms with E-state index < -0.39 is 4.92 Å². The minimum Gasteiger partial charge on any atom is -0.488 e. The highest BCUT2D eigenvalue weighted by Crippen LogP contribution is 2.24. The predicted molar refractivity (Wildman–Crippen MR) is 69.4 cm³/mol. The van der Waals surface area contributed by atoms with Crippen molar-refractivity contribution in [1.82, 2.24) is 0 Å². The molecular weight excluding hydrogens is 306 g/mol. The fraction of sp³-hybridized carbons (Fsp3) is 0.0909. The Morgan fingerprint density at radius 1 is 1.24 bits per heavy atom. The zero-order chi connectivity index (χ0) is 12.3. The zero-order valence-electron chi connectivity index (χ0n) is 8.63. The molecule has 0 aliphatic heterocycles. The number of non-ortho nitro benzene ring substituents is 1. The summed E-state index contributed by atoms with van der Waals surface area (Å²) in [7, 11) is 0. The highest BCUT2D eigenvalue weighted by Gasteiger charge is 2.05. The van der Waals surface area contributed by atoms with E-state index in [1.54, 1.807) is 23.5 Å². The molecule has 2 aromatic rings. The van der Waals surface area contributed by atoms with Crippen LogP contribution in [0.3, 0.4) is 0 Å². The number of halogens is 1. The smallest absolute Gasteiger partial charge is 0.269 e.